The number of carbonyl (C=O) groups is 1. The summed E-state index contributed by atoms with van der Waals surface area (Å²) in [6.45, 7) is 2.49. The van der Waals surface area contributed by atoms with Crippen LogP contribution in [0.2, 0.25) is 0 Å². The highest BCUT2D eigenvalue weighted by molar-refractivity contribution is 6.00. The van der Waals surface area contributed by atoms with Gasteiger partial charge in [0.05, 0.1) is 5.56 Å². The fraction of sp³-hybridized carbons (Fsp3) is 0.429. The zero-order valence-electron chi connectivity index (χ0n) is 16.0. The van der Waals surface area contributed by atoms with E-state index in [9.17, 15) is 22.4 Å². The van der Waals surface area contributed by atoms with Gasteiger partial charge in [-0.15, -0.1) is 0 Å². The van der Waals surface area contributed by atoms with E-state index in [0.717, 1.165) is 24.1 Å². The second-order valence-electron chi connectivity index (χ2n) is 7.57. The highest BCUT2D eigenvalue weighted by Crippen LogP contribution is 2.35. The average molecular weight is 407 g/mol. The molecule has 1 amide bonds. The van der Waals surface area contributed by atoms with Crippen molar-refractivity contribution in [1.29, 1.82) is 0 Å². The van der Waals surface area contributed by atoms with Crippen LogP contribution in [0, 0.1) is 12.7 Å². The predicted molar refractivity (Wildman–Crippen MR) is 101 cm³/mol. The summed E-state index contributed by atoms with van der Waals surface area (Å²) in [6, 6.07) is 5.81. The van der Waals surface area contributed by atoms with Crippen molar-refractivity contribution in [3.63, 3.8) is 0 Å². The summed E-state index contributed by atoms with van der Waals surface area (Å²) >= 11 is 0. The monoisotopic (exact) mass is 407 g/mol. The third-order valence-electron chi connectivity index (χ3n) is 5.53. The van der Waals surface area contributed by atoms with Crippen LogP contribution in [0.1, 0.15) is 36.1 Å². The third-order valence-corrected chi connectivity index (χ3v) is 5.53. The summed E-state index contributed by atoms with van der Waals surface area (Å²) in [6.07, 6.45) is -1.83. The van der Waals surface area contributed by atoms with Crippen LogP contribution in [0.15, 0.2) is 30.3 Å². The van der Waals surface area contributed by atoms with Crippen molar-refractivity contribution in [2.24, 2.45) is 0 Å². The number of hydrogen-bond acceptors (Lipinski definition) is 3. The van der Waals surface area contributed by atoms with Crippen LogP contribution in [0.3, 0.4) is 0 Å². The van der Waals surface area contributed by atoms with Gasteiger partial charge in [-0.05, 0) is 68.5 Å². The number of pyridine rings is 1. The number of rotatable bonds is 2. The lowest BCUT2D eigenvalue weighted by Gasteiger charge is -2.34. The predicted octanol–water partition coefficient (Wildman–Crippen LogP) is 4.50. The molecule has 4 nitrogen and oxygen atoms in total. The Kier molecular flexibility index (Phi) is 4.96. The number of aryl methyl sites for hydroxylation is 2. The van der Waals surface area contributed by atoms with E-state index in [4.69, 9.17) is 0 Å². The zero-order valence-corrected chi connectivity index (χ0v) is 16.0. The highest BCUT2D eigenvalue weighted by Gasteiger charge is 2.38. The summed E-state index contributed by atoms with van der Waals surface area (Å²) in [4.78, 5) is 20.9. The SMILES string of the molecule is Cc1cc(C(F)(F)F)cc(N2CCC[C@H]2C(=O)N2CCCc3cc(F)ccc32)n1. The fourth-order valence-corrected chi connectivity index (χ4v) is 4.23. The minimum absolute atomic E-state index is 0.171. The minimum atomic E-state index is -4.47. The molecule has 1 fully saturated rings. The molecule has 0 aliphatic carbocycles. The molecular weight excluding hydrogens is 386 g/mol. The lowest BCUT2D eigenvalue weighted by atomic mass is 10.0. The lowest BCUT2D eigenvalue weighted by Crippen LogP contribution is -2.48. The minimum Gasteiger partial charge on any atom is -0.345 e. The maximum Gasteiger partial charge on any atom is 0.416 e. The molecule has 0 bridgehead atoms. The molecule has 2 aliphatic heterocycles. The molecule has 1 saturated heterocycles. The van der Waals surface area contributed by atoms with E-state index >= 15 is 0 Å². The van der Waals surface area contributed by atoms with E-state index < -0.39 is 17.8 Å². The molecular formula is C21H21F4N3O. The first-order valence-corrected chi connectivity index (χ1v) is 9.66. The molecule has 0 unspecified atom stereocenters. The van der Waals surface area contributed by atoms with Gasteiger partial charge in [-0.25, -0.2) is 9.37 Å². The van der Waals surface area contributed by atoms with Crippen molar-refractivity contribution in [3.8, 4) is 0 Å². The van der Waals surface area contributed by atoms with Crippen LogP contribution in [0.25, 0.3) is 0 Å². The summed E-state index contributed by atoms with van der Waals surface area (Å²) in [7, 11) is 0. The number of fused-ring (bicyclic) bond motifs is 1. The van der Waals surface area contributed by atoms with Crippen LogP contribution in [-0.4, -0.2) is 30.0 Å². The number of carbonyl (C=O) groups excluding carboxylic acids is 1. The molecule has 2 aromatic rings. The molecule has 8 heteroatoms. The summed E-state index contributed by atoms with van der Waals surface area (Å²) in [5.74, 6) is -0.347. The molecule has 154 valence electrons. The van der Waals surface area contributed by atoms with Crippen molar-refractivity contribution >= 4 is 17.4 Å². The van der Waals surface area contributed by atoms with Crippen LogP contribution in [0.5, 0.6) is 0 Å². The molecule has 1 aromatic carbocycles. The number of amides is 1. The molecule has 0 spiro atoms. The van der Waals surface area contributed by atoms with E-state index in [1.807, 2.05) is 0 Å². The van der Waals surface area contributed by atoms with Gasteiger partial charge in [-0.2, -0.15) is 13.2 Å². The number of benzene rings is 1. The van der Waals surface area contributed by atoms with Gasteiger partial charge >= 0.3 is 6.18 Å². The largest absolute Gasteiger partial charge is 0.416 e. The second kappa shape index (κ2) is 7.31. The van der Waals surface area contributed by atoms with Crippen molar-refractivity contribution in [2.75, 3.05) is 22.9 Å². The molecule has 1 atom stereocenters. The average Bonchev–Trinajstić information content (AvgIpc) is 3.15. The molecule has 3 heterocycles. The molecule has 4 rings (SSSR count). The van der Waals surface area contributed by atoms with E-state index in [1.165, 1.54) is 19.1 Å². The quantitative estimate of drug-likeness (QED) is 0.688. The maximum absolute atomic E-state index is 13.6. The lowest BCUT2D eigenvalue weighted by molar-refractivity contribution is -0.137. The second-order valence-corrected chi connectivity index (χ2v) is 7.57. The number of hydrogen-bond donors (Lipinski definition) is 0. The van der Waals surface area contributed by atoms with Crippen LogP contribution < -0.4 is 9.80 Å². The molecule has 29 heavy (non-hydrogen) atoms. The number of anilines is 2. The van der Waals surface area contributed by atoms with Gasteiger partial charge in [0.25, 0.3) is 0 Å². The molecule has 1 aromatic heterocycles. The van der Waals surface area contributed by atoms with Gasteiger partial charge in [0, 0.05) is 24.5 Å². The van der Waals surface area contributed by atoms with Crippen molar-refractivity contribution in [3.05, 3.63) is 53.0 Å². The zero-order chi connectivity index (χ0) is 20.8. The van der Waals surface area contributed by atoms with Crippen molar-refractivity contribution in [2.45, 2.75) is 44.8 Å². The first kappa shape index (κ1) is 19.7. The summed E-state index contributed by atoms with van der Waals surface area (Å²) in [5, 5.41) is 0. The Morgan fingerprint density at radius 2 is 1.93 bits per heavy atom. The standard InChI is InChI=1S/C21H21F4N3O/c1-13-10-15(21(23,24)25)12-19(26-13)27-8-3-5-18(27)20(29)28-9-2-4-14-11-16(22)6-7-17(14)28/h6-7,10-12,18H,2-5,8-9H2,1H3/t18-/m0/s1. The Bertz CT molecular complexity index is 944. The van der Waals surface area contributed by atoms with Gasteiger partial charge < -0.3 is 9.80 Å². The van der Waals surface area contributed by atoms with Crippen LogP contribution in [-0.2, 0) is 17.4 Å². The van der Waals surface area contributed by atoms with Gasteiger partial charge in [-0.3, -0.25) is 4.79 Å². The molecule has 0 saturated carbocycles. The van der Waals surface area contributed by atoms with E-state index in [2.05, 4.69) is 4.98 Å². The van der Waals surface area contributed by atoms with Gasteiger partial charge in [0.15, 0.2) is 0 Å². The Morgan fingerprint density at radius 1 is 1.14 bits per heavy atom. The highest BCUT2D eigenvalue weighted by atomic mass is 19.4. The van der Waals surface area contributed by atoms with Crippen molar-refractivity contribution < 1.29 is 22.4 Å². The summed E-state index contributed by atoms with van der Waals surface area (Å²) in [5.41, 5.74) is 0.952. The Labute approximate surface area is 166 Å². The van der Waals surface area contributed by atoms with E-state index in [1.54, 1.807) is 15.9 Å². The summed E-state index contributed by atoms with van der Waals surface area (Å²) < 4.78 is 53.2. The van der Waals surface area contributed by atoms with Crippen LogP contribution in [0.4, 0.5) is 29.1 Å². The van der Waals surface area contributed by atoms with Gasteiger partial charge in [0.1, 0.15) is 17.7 Å². The number of aromatic nitrogens is 1. The van der Waals surface area contributed by atoms with Crippen LogP contribution >= 0.6 is 0 Å². The number of halogens is 4. The van der Waals surface area contributed by atoms with Gasteiger partial charge in [-0.1, -0.05) is 0 Å². The van der Waals surface area contributed by atoms with E-state index in [-0.39, 0.29) is 23.2 Å². The Hall–Kier alpha value is -2.64. The smallest absolute Gasteiger partial charge is 0.345 e. The van der Waals surface area contributed by atoms with Gasteiger partial charge in [0.2, 0.25) is 5.91 Å². The molecule has 0 radical (unpaired) electrons. The third kappa shape index (κ3) is 3.80. The molecule has 0 N–H and O–H groups in total. The van der Waals surface area contributed by atoms with Crippen molar-refractivity contribution in [1.82, 2.24) is 4.98 Å². The topological polar surface area (TPSA) is 36.4 Å². The molecule has 2 aliphatic rings. The maximum atomic E-state index is 13.6. The number of alkyl halides is 3. The Balaban J connectivity index is 1.65. The Morgan fingerprint density at radius 3 is 2.69 bits per heavy atom. The first-order chi connectivity index (χ1) is 13.7. The first-order valence-electron chi connectivity index (χ1n) is 9.66. The number of nitrogens with zero attached hydrogens (tertiary/aromatic N) is 3. The fourth-order valence-electron chi connectivity index (χ4n) is 4.23. The normalized spacial score (nSPS) is 19.4. The van der Waals surface area contributed by atoms with E-state index in [0.29, 0.717) is 38.0 Å².